The van der Waals surface area contributed by atoms with E-state index in [1.54, 1.807) is 0 Å². The highest BCUT2D eigenvalue weighted by molar-refractivity contribution is 9.10. The van der Waals surface area contributed by atoms with E-state index in [0.717, 1.165) is 15.9 Å². The lowest BCUT2D eigenvalue weighted by atomic mass is 9.70. The second kappa shape index (κ2) is 5.66. The van der Waals surface area contributed by atoms with Crippen molar-refractivity contribution >= 4 is 33.4 Å². The van der Waals surface area contributed by atoms with Crippen LogP contribution in [0.4, 0.5) is 5.69 Å². The third-order valence-electron chi connectivity index (χ3n) is 4.36. The first kappa shape index (κ1) is 15.2. The Kier molecular flexibility index (Phi) is 4.53. The van der Waals surface area contributed by atoms with Gasteiger partial charge >= 0.3 is 0 Å². The van der Waals surface area contributed by atoms with Crippen LogP contribution in [-0.4, -0.2) is 23.6 Å². The average molecular weight is 343 g/mol. The van der Waals surface area contributed by atoms with E-state index >= 15 is 0 Å². The lowest BCUT2D eigenvalue weighted by molar-refractivity contribution is 0.203. The minimum atomic E-state index is -0.0355. The van der Waals surface area contributed by atoms with Gasteiger partial charge in [0.1, 0.15) is 0 Å². The van der Waals surface area contributed by atoms with Crippen LogP contribution in [0.3, 0.4) is 0 Å². The van der Waals surface area contributed by atoms with E-state index < -0.39 is 0 Å². The van der Waals surface area contributed by atoms with Gasteiger partial charge in [-0.1, -0.05) is 19.9 Å². The molecule has 0 spiro atoms. The molecule has 1 fully saturated rings. The van der Waals surface area contributed by atoms with E-state index in [2.05, 4.69) is 60.2 Å². The average Bonchev–Trinajstić information content (AvgIpc) is 2.36. The van der Waals surface area contributed by atoms with Crippen LogP contribution in [0, 0.1) is 12.3 Å². The SMILES string of the molecule is Cc1ccc(Br)c(NC2(CN)CSCCC2(C)C)c1. The molecule has 19 heavy (non-hydrogen) atoms. The molecule has 1 saturated heterocycles. The molecular weight excluding hydrogens is 320 g/mol. The predicted octanol–water partition coefficient (Wildman–Crippen LogP) is 4.03. The Balaban J connectivity index is 2.34. The first-order chi connectivity index (χ1) is 8.90. The van der Waals surface area contributed by atoms with Gasteiger partial charge in [-0.2, -0.15) is 11.8 Å². The highest BCUT2D eigenvalue weighted by atomic mass is 79.9. The van der Waals surface area contributed by atoms with Crippen LogP contribution in [0.5, 0.6) is 0 Å². The molecule has 106 valence electrons. The predicted molar refractivity (Wildman–Crippen MR) is 90.0 cm³/mol. The van der Waals surface area contributed by atoms with Gasteiger partial charge in [0, 0.05) is 22.5 Å². The maximum Gasteiger partial charge on any atom is 0.0637 e. The van der Waals surface area contributed by atoms with E-state index in [4.69, 9.17) is 5.73 Å². The van der Waals surface area contributed by atoms with Crippen molar-refractivity contribution in [1.29, 1.82) is 0 Å². The van der Waals surface area contributed by atoms with Gasteiger partial charge in [-0.05, 0) is 58.1 Å². The molecule has 1 aliphatic rings. The van der Waals surface area contributed by atoms with Gasteiger partial charge in [0.25, 0.3) is 0 Å². The molecule has 0 aliphatic carbocycles. The maximum absolute atomic E-state index is 6.16. The number of aryl methyl sites for hydroxylation is 1. The van der Waals surface area contributed by atoms with Crippen LogP contribution in [0.1, 0.15) is 25.8 Å². The van der Waals surface area contributed by atoms with Crippen molar-refractivity contribution in [3.8, 4) is 0 Å². The monoisotopic (exact) mass is 342 g/mol. The summed E-state index contributed by atoms with van der Waals surface area (Å²) in [6.45, 7) is 7.44. The minimum Gasteiger partial charge on any atom is -0.376 e. The zero-order valence-electron chi connectivity index (χ0n) is 11.9. The van der Waals surface area contributed by atoms with Gasteiger partial charge in [0.2, 0.25) is 0 Å². The summed E-state index contributed by atoms with van der Waals surface area (Å²) in [4.78, 5) is 0. The molecule has 0 saturated carbocycles. The summed E-state index contributed by atoms with van der Waals surface area (Å²) in [5.74, 6) is 2.29. The third kappa shape index (κ3) is 2.96. The van der Waals surface area contributed by atoms with Crippen LogP contribution >= 0.6 is 27.7 Å². The molecule has 3 N–H and O–H groups in total. The summed E-state index contributed by atoms with van der Waals surface area (Å²) < 4.78 is 1.11. The number of nitrogens with one attached hydrogen (secondary N) is 1. The van der Waals surface area contributed by atoms with Crippen molar-refractivity contribution in [2.75, 3.05) is 23.4 Å². The fraction of sp³-hybridized carbons (Fsp3) is 0.600. The molecule has 0 amide bonds. The lowest BCUT2D eigenvalue weighted by Crippen LogP contribution is -2.60. The van der Waals surface area contributed by atoms with Crippen LogP contribution in [0.2, 0.25) is 0 Å². The fourth-order valence-corrected chi connectivity index (χ4v) is 4.67. The lowest BCUT2D eigenvalue weighted by Gasteiger charge is -2.50. The Morgan fingerprint density at radius 1 is 1.42 bits per heavy atom. The first-order valence-electron chi connectivity index (χ1n) is 6.72. The quantitative estimate of drug-likeness (QED) is 0.870. The molecule has 0 aromatic heterocycles. The van der Waals surface area contributed by atoms with Crippen molar-refractivity contribution in [3.05, 3.63) is 28.2 Å². The summed E-state index contributed by atoms with van der Waals surface area (Å²) in [5, 5.41) is 3.75. The molecule has 0 radical (unpaired) electrons. The number of thioether (sulfide) groups is 1. The zero-order chi connectivity index (χ0) is 14.1. The first-order valence-corrected chi connectivity index (χ1v) is 8.67. The van der Waals surface area contributed by atoms with Crippen LogP contribution in [0.25, 0.3) is 0 Å². The Labute approximate surface area is 129 Å². The topological polar surface area (TPSA) is 38.0 Å². The van der Waals surface area contributed by atoms with Gasteiger partial charge in [-0.25, -0.2) is 0 Å². The fourth-order valence-electron chi connectivity index (χ4n) is 2.59. The second-order valence-corrected chi connectivity index (χ2v) is 8.04. The Morgan fingerprint density at radius 3 is 2.79 bits per heavy atom. The Bertz CT molecular complexity index is 461. The van der Waals surface area contributed by atoms with E-state index in [-0.39, 0.29) is 11.0 Å². The van der Waals surface area contributed by atoms with Crippen LogP contribution < -0.4 is 11.1 Å². The van der Waals surface area contributed by atoms with Crippen molar-refractivity contribution in [2.45, 2.75) is 32.7 Å². The maximum atomic E-state index is 6.16. The van der Waals surface area contributed by atoms with Gasteiger partial charge < -0.3 is 11.1 Å². The number of benzene rings is 1. The molecule has 4 heteroatoms. The molecule has 0 bridgehead atoms. The number of nitrogens with two attached hydrogens (primary N) is 1. The van der Waals surface area contributed by atoms with Crippen molar-refractivity contribution in [2.24, 2.45) is 11.1 Å². The third-order valence-corrected chi connectivity index (χ3v) is 6.24. The van der Waals surface area contributed by atoms with Crippen molar-refractivity contribution < 1.29 is 0 Å². The van der Waals surface area contributed by atoms with E-state index in [1.807, 2.05) is 11.8 Å². The number of anilines is 1. The molecular formula is C15H23BrN2S. The zero-order valence-corrected chi connectivity index (χ0v) is 14.3. The summed E-state index contributed by atoms with van der Waals surface area (Å²) in [6.07, 6.45) is 1.20. The number of hydrogen-bond donors (Lipinski definition) is 2. The smallest absolute Gasteiger partial charge is 0.0637 e. The Morgan fingerprint density at radius 2 is 2.16 bits per heavy atom. The summed E-state index contributed by atoms with van der Waals surface area (Å²) in [6, 6.07) is 6.41. The van der Waals surface area contributed by atoms with E-state index in [9.17, 15) is 0 Å². The normalized spacial score (nSPS) is 26.2. The minimum absolute atomic E-state index is 0.0355. The van der Waals surface area contributed by atoms with Gasteiger partial charge in [-0.15, -0.1) is 0 Å². The molecule has 2 rings (SSSR count). The molecule has 1 atom stereocenters. The molecule has 1 aromatic rings. The van der Waals surface area contributed by atoms with Crippen LogP contribution in [-0.2, 0) is 0 Å². The van der Waals surface area contributed by atoms with Gasteiger partial charge in [-0.3, -0.25) is 0 Å². The number of rotatable bonds is 3. The summed E-state index contributed by atoms with van der Waals surface area (Å²) >= 11 is 5.64. The number of halogens is 1. The highest BCUT2D eigenvalue weighted by Crippen LogP contribution is 2.44. The van der Waals surface area contributed by atoms with Crippen molar-refractivity contribution in [3.63, 3.8) is 0 Å². The van der Waals surface area contributed by atoms with Gasteiger partial charge in [0.05, 0.1) is 5.54 Å². The standard InChI is InChI=1S/C15H23BrN2S/c1-11-4-5-12(16)13(8-11)18-15(9-17)10-19-7-6-14(15,2)3/h4-5,8,18H,6-7,9-10,17H2,1-3H3. The van der Waals surface area contributed by atoms with Crippen molar-refractivity contribution in [1.82, 2.24) is 0 Å². The number of hydrogen-bond acceptors (Lipinski definition) is 3. The molecule has 1 unspecified atom stereocenters. The van der Waals surface area contributed by atoms with E-state index in [0.29, 0.717) is 6.54 Å². The largest absolute Gasteiger partial charge is 0.376 e. The molecule has 1 heterocycles. The highest BCUT2D eigenvalue weighted by Gasteiger charge is 2.46. The Hall–Kier alpha value is -0.190. The summed E-state index contributed by atoms with van der Waals surface area (Å²) in [5.41, 5.74) is 8.74. The molecule has 1 aliphatic heterocycles. The van der Waals surface area contributed by atoms with E-state index in [1.165, 1.54) is 17.7 Å². The van der Waals surface area contributed by atoms with Gasteiger partial charge in [0.15, 0.2) is 0 Å². The second-order valence-electron chi connectivity index (χ2n) is 6.08. The molecule has 2 nitrogen and oxygen atoms in total. The molecule has 1 aromatic carbocycles. The van der Waals surface area contributed by atoms with Crippen LogP contribution in [0.15, 0.2) is 22.7 Å². The summed E-state index contributed by atoms with van der Waals surface area (Å²) in [7, 11) is 0.